The number of amides is 1. The van der Waals surface area contributed by atoms with Crippen LogP contribution in [0.2, 0.25) is 5.02 Å². The van der Waals surface area contributed by atoms with E-state index in [9.17, 15) is 28.1 Å². The number of nitro groups is 1. The highest BCUT2D eigenvalue weighted by Gasteiger charge is 2.45. The van der Waals surface area contributed by atoms with Gasteiger partial charge in [-0.15, -0.1) is 0 Å². The van der Waals surface area contributed by atoms with Gasteiger partial charge in [0.2, 0.25) is 15.9 Å². The number of piperazine rings is 1. The molecule has 11 nitrogen and oxygen atoms in total. The van der Waals surface area contributed by atoms with E-state index in [1.165, 1.54) is 12.1 Å². The van der Waals surface area contributed by atoms with Gasteiger partial charge in [0.05, 0.1) is 34.1 Å². The van der Waals surface area contributed by atoms with Crippen LogP contribution in [0.4, 0.5) is 11.4 Å². The Hall–Kier alpha value is -3.06. The third-order valence-electron chi connectivity index (χ3n) is 7.31. The summed E-state index contributed by atoms with van der Waals surface area (Å²) in [5.74, 6) is -1.03. The minimum absolute atomic E-state index is 0.0311. The summed E-state index contributed by atoms with van der Waals surface area (Å²) in [5.41, 5.74) is -0.606. The van der Waals surface area contributed by atoms with E-state index in [1.807, 2.05) is 25.7 Å². The highest BCUT2D eigenvalue weighted by atomic mass is 35.5. The molecule has 2 aliphatic heterocycles. The maximum Gasteiger partial charge on any atom is 0.309 e. The molecule has 4 rings (SSSR count). The van der Waals surface area contributed by atoms with E-state index in [0.29, 0.717) is 17.1 Å². The summed E-state index contributed by atoms with van der Waals surface area (Å²) in [6.45, 7) is 5.96. The van der Waals surface area contributed by atoms with Crippen LogP contribution in [0.15, 0.2) is 53.4 Å². The molecule has 39 heavy (non-hydrogen) atoms. The zero-order valence-electron chi connectivity index (χ0n) is 21.9. The molecule has 0 bridgehead atoms. The molecule has 2 aromatic carbocycles. The summed E-state index contributed by atoms with van der Waals surface area (Å²) < 4.78 is 35.0. The molecule has 0 spiro atoms. The Labute approximate surface area is 232 Å². The molecule has 2 heterocycles. The number of sulfonamides is 1. The molecule has 13 heteroatoms. The third-order valence-corrected chi connectivity index (χ3v) is 9.16. The number of carbonyl (C=O) groups excluding carboxylic acids is 2. The molecule has 1 N–H and O–H groups in total. The van der Waals surface area contributed by atoms with Gasteiger partial charge < -0.3 is 9.64 Å². The molecule has 1 amide bonds. The molecule has 2 aromatic rings. The number of carbonyl (C=O) groups is 2. The normalized spacial score (nSPS) is 22.5. The van der Waals surface area contributed by atoms with Crippen molar-refractivity contribution in [3.05, 3.63) is 63.7 Å². The zero-order chi connectivity index (χ0) is 28.5. The predicted molar refractivity (Wildman–Crippen MR) is 145 cm³/mol. The minimum atomic E-state index is -4.40. The van der Waals surface area contributed by atoms with E-state index in [1.54, 1.807) is 29.2 Å². The molecule has 0 aliphatic carbocycles. The zero-order valence-corrected chi connectivity index (χ0v) is 23.4. The average Bonchev–Trinajstić information content (AvgIpc) is 3.26. The van der Waals surface area contributed by atoms with Gasteiger partial charge in [-0.2, -0.15) is 0 Å². The largest absolute Gasteiger partial charge is 0.460 e. The van der Waals surface area contributed by atoms with E-state index >= 15 is 0 Å². The second-order valence-electron chi connectivity index (χ2n) is 10.4. The number of cyclic esters (lactones) is 1. The Bertz CT molecular complexity index is 1380. The SMILES string of the molecule is CC[C@@H]1C[C@@H]([C@H](CN2CC(=O)N(c3ccccc3Cl)CC2(C)C)NS(=O)(=O)c2ccccc2[N+](=O)[O-])OC1=O. The van der Waals surface area contributed by atoms with Crippen LogP contribution in [-0.4, -0.2) is 67.4 Å². The van der Waals surface area contributed by atoms with Crippen molar-refractivity contribution >= 4 is 44.9 Å². The van der Waals surface area contributed by atoms with Gasteiger partial charge in [0.1, 0.15) is 6.10 Å². The van der Waals surface area contributed by atoms with Crippen molar-refractivity contribution < 1.29 is 27.7 Å². The van der Waals surface area contributed by atoms with Crippen molar-refractivity contribution in [2.24, 2.45) is 5.92 Å². The van der Waals surface area contributed by atoms with Gasteiger partial charge in [-0.25, -0.2) is 13.1 Å². The van der Waals surface area contributed by atoms with Gasteiger partial charge in [0, 0.05) is 24.7 Å². The molecule has 2 saturated heterocycles. The van der Waals surface area contributed by atoms with Gasteiger partial charge in [-0.05, 0) is 44.9 Å². The van der Waals surface area contributed by atoms with Crippen molar-refractivity contribution in [2.75, 3.05) is 24.5 Å². The average molecular weight is 579 g/mol. The topological polar surface area (TPSA) is 139 Å². The van der Waals surface area contributed by atoms with Crippen LogP contribution >= 0.6 is 11.6 Å². The number of halogens is 1. The summed E-state index contributed by atoms with van der Waals surface area (Å²) in [7, 11) is -4.40. The van der Waals surface area contributed by atoms with Gasteiger partial charge in [-0.3, -0.25) is 24.6 Å². The fourth-order valence-electron chi connectivity index (χ4n) is 5.06. The number of nitrogens with one attached hydrogen (secondary N) is 1. The number of ether oxygens (including phenoxy) is 1. The quantitative estimate of drug-likeness (QED) is 0.271. The van der Waals surface area contributed by atoms with Crippen molar-refractivity contribution in [3.8, 4) is 0 Å². The smallest absolute Gasteiger partial charge is 0.309 e. The van der Waals surface area contributed by atoms with Crippen LogP contribution in [0.25, 0.3) is 0 Å². The Morgan fingerprint density at radius 2 is 1.85 bits per heavy atom. The molecule has 3 atom stereocenters. The Kier molecular flexibility index (Phi) is 8.31. The Morgan fingerprint density at radius 3 is 2.49 bits per heavy atom. The number of nitro benzene ring substituents is 1. The highest BCUT2D eigenvalue weighted by molar-refractivity contribution is 7.89. The van der Waals surface area contributed by atoms with Gasteiger partial charge in [0.15, 0.2) is 4.90 Å². The van der Waals surface area contributed by atoms with E-state index in [4.69, 9.17) is 16.3 Å². The van der Waals surface area contributed by atoms with Crippen molar-refractivity contribution in [2.45, 2.75) is 56.2 Å². The first-order chi connectivity index (χ1) is 18.3. The van der Waals surface area contributed by atoms with E-state index in [2.05, 4.69) is 4.72 Å². The second kappa shape index (κ2) is 11.2. The molecule has 0 saturated carbocycles. The molecule has 2 aliphatic rings. The monoisotopic (exact) mass is 578 g/mol. The standard InChI is InChI=1S/C26H31ClN4O7S/c1-4-17-13-22(38-25(17)33)19(28-39(36,37)23-12-8-7-11-21(23)31(34)35)14-29-15-24(32)30(16-26(29,2)3)20-10-6-5-9-18(20)27/h5-12,17,19,22,28H,4,13-16H2,1-3H3/t17-,19+,22+/m1/s1. The van der Waals surface area contributed by atoms with Crippen LogP contribution in [0.1, 0.15) is 33.6 Å². The number of hydrogen-bond acceptors (Lipinski definition) is 8. The number of para-hydroxylation sites is 2. The highest BCUT2D eigenvalue weighted by Crippen LogP contribution is 2.33. The number of benzene rings is 2. The minimum Gasteiger partial charge on any atom is -0.460 e. The molecular formula is C26H31ClN4O7S. The molecule has 0 aromatic heterocycles. The maximum atomic E-state index is 13.4. The van der Waals surface area contributed by atoms with Crippen LogP contribution in [0.5, 0.6) is 0 Å². The fraction of sp³-hybridized carbons (Fsp3) is 0.462. The summed E-state index contributed by atoms with van der Waals surface area (Å²) in [6.07, 6.45) is -0.000190. The molecule has 0 radical (unpaired) electrons. The van der Waals surface area contributed by atoms with E-state index in [0.717, 1.165) is 12.1 Å². The molecular weight excluding hydrogens is 548 g/mol. The first kappa shape index (κ1) is 28.9. The summed E-state index contributed by atoms with van der Waals surface area (Å²) in [4.78, 5) is 39.4. The van der Waals surface area contributed by atoms with Crippen molar-refractivity contribution in [1.29, 1.82) is 0 Å². The Morgan fingerprint density at radius 1 is 1.18 bits per heavy atom. The number of esters is 1. The Balaban J connectivity index is 1.64. The number of hydrogen-bond donors (Lipinski definition) is 1. The van der Waals surface area contributed by atoms with Crippen LogP contribution in [0, 0.1) is 16.0 Å². The third kappa shape index (κ3) is 6.08. The molecule has 2 fully saturated rings. The van der Waals surface area contributed by atoms with Gasteiger partial charge >= 0.3 is 5.97 Å². The predicted octanol–water partition coefficient (Wildman–Crippen LogP) is 3.36. The van der Waals surface area contributed by atoms with Gasteiger partial charge in [0.25, 0.3) is 5.69 Å². The lowest BCUT2D eigenvalue weighted by molar-refractivity contribution is -0.387. The lowest BCUT2D eigenvalue weighted by Crippen LogP contribution is -2.65. The van der Waals surface area contributed by atoms with Crippen molar-refractivity contribution in [3.63, 3.8) is 0 Å². The summed E-state index contributed by atoms with van der Waals surface area (Å²) in [6, 6.07) is 11.1. The molecule has 0 unspecified atom stereocenters. The first-order valence-electron chi connectivity index (χ1n) is 12.6. The second-order valence-corrected chi connectivity index (χ2v) is 12.5. The maximum absolute atomic E-state index is 13.4. The first-order valence-corrected chi connectivity index (χ1v) is 14.5. The van der Waals surface area contributed by atoms with Gasteiger partial charge in [-0.1, -0.05) is 42.8 Å². The van der Waals surface area contributed by atoms with Crippen LogP contribution < -0.4 is 9.62 Å². The van der Waals surface area contributed by atoms with E-state index < -0.39 is 49.2 Å². The number of anilines is 1. The summed E-state index contributed by atoms with van der Waals surface area (Å²) >= 11 is 6.35. The number of rotatable bonds is 9. The van der Waals surface area contributed by atoms with E-state index in [-0.39, 0.29) is 37.9 Å². The summed E-state index contributed by atoms with van der Waals surface area (Å²) in [5, 5.41) is 12.0. The van der Waals surface area contributed by atoms with Crippen molar-refractivity contribution in [1.82, 2.24) is 9.62 Å². The lowest BCUT2D eigenvalue weighted by Gasteiger charge is -2.48. The van der Waals surface area contributed by atoms with Crippen LogP contribution in [0.3, 0.4) is 0 Å². The lowest BCUT2D eigenvalue weighted by atomic mass is 9.94. The fourth-order valence-corrected chi connectivity index (χ4v) is 6.72. The van der Waals surface area contributed by atoms with Crippen LogP contribution in [-0.2, 0) is 24.3 Å². The number of nitrogens with zero attached hydrogens (tertiary/aromatic N) is 3. The molecule has 210 valence electrons.